The second-order valence-electron chi connectivity index (χ2n) is 5.70. The number of alkyl halides is 3. The van der Waals surface area contributed by atoms with Gasteiger partial charge < -0.3 is 15.0 Å². The van der Waals surface area contributed by atoms with Crippen molar-refractivity contribution in [3.05, 3.63) is 29.3 Å². The van der Waals surface area contributed by atoms with Gasteiger partial charge in [0, 0.05) is 30.4 Å². The second kappa shape index (κ2) is 6.31. The first kappa shape index (κ1) is 16.6. The maximum Gasteiger partial charge on any atom is 0.428 e. The van der Waals surface area contributed by atoms with Crippen LogP contribution in [0.25, 0.3) is 0 Å². The third kappa shape index (κ3) is 3.30. The Labute approximate surface area is 136 Å². The van der Waals surface area contributed by atoms with E-state index in [1.807, 2.05) is 0 Å². The maximum atomic E-state index is 13.5. The first-order valence-electron chi connectivity index (χ1n) is 7.51. The van der Waals surface area contributed by atoms with E-state index in [1.165, 1.54) is 6.07 Å². The van der Waals surface area contributed by atoms with Crippen LogP contribution < -0.4 is 15.6 Å². The monoisotopic (exact) mass is 342 g/mol. The number of hydrogen-bond acceptors (Lipinski definition) is 5. The predicted octanol–water partition coefficient (Wildman–Crippen LogP) is 1.95. The van der Waals surface area contributed by atoms with Crippen LogP contribution in [0.1, 0.15) is 17.5 Å². The molecule has 1 amide bonds. The number of carbonyl (C=O) groups excluding carboxylic acids is 1. The number of rotatable bonds is 3. The summed E-state index contributed by atoms with van der Waals surface area (Å²) in [6, 6.07) is 4.26. The van der Waals surface area contributed by atoms with Crippen molar-refractivity contribution in [3.8, 4) is 0 Å². The first-order valence-corrected chi connectivity index (χ1v) is 7.51. The molecule has 1 aromatic rings. The lowest BCUT2D eigenvalue weighted by atomic mass is 10.0. The quantitative estimate of drug-likeness (QED) is 0.881. The normalized spacial score (nSPS) is 21.3. The summed E-state index contributed by atoms with van der Waals surface area (Å²) in [5, 5.41) is 6.85. The van der Waals surface area contributed by atoms with E-state index in [4.69, 9.17) is 4.74 Å². The van der Waals surface area contributed by atoms with Gasteiger partial charge in [-0.15, -0.1) is 0 Å². The van der Waals surface area contributed by atoms with Crippen molar-refractivity contribution >= 4 is 17.5 Å². The van der Waals surface area contributed by atoms with Gasteiger partial charge in [-0.25, -0.2) is 10.2 Å². The molecule has 1 saturated heterocycles. The van der Waals surface area contributed by atoms with Crippen molar-refractivity contribution in [2.75, 3.05) is 31.6 Å². The molecule has 0 aromatic heterocycles. The minimum atomic E-state index is -4.48. The lowest BCUT2D eigenvalue weighted by molar-refractivity contribution is -0.137. The topological polar surface area (TPSA) is 66.0 Å². The molecule has 2 N–H and O–H groups in total. The summed E-state index contributed by atoms with van der Waals surface area (Å²) >= 11 is 0. The molecule has 0 bridgehead atoms. The number of amides is 1. The number of likely N-dealkylation sites (N-methyl/N-ethyl adjacent to an activating group) is 1. The minimum Gasteiger partial charge on any atom is -0.442 e. The number of hydrogen-bond donors (Lipinski definition) is 2. The second-order valence-corrected chi connectivity index (χ2v) is 5.70. The molecule has 24 heavy (non-hydrogen) atoms. The fourth-order valence-electron chi connectivity index (χ4n) is 2.89. The molecule has 1 unspecified atom stereocenters. The standard InChI is InChI=1S/C15H17F3N4O2/c1-19-10-4-5-22(7-10)13-3-2-9(6-11(13)15(16,17)18)12-8-24-14(23)21-20-12/h2-3,6,10,19H,4-5,7-8H2,1H3,(H,21,23). The summed E-state index contributed by atoms with van der Waals surface area (Å²) in [6.45, 7) is 0.932. The Morgan fingerprint density at radius 1 is 1.42 bits per heavy atom. The maximum absolute atomic E-state index is 13.5. The van der Waals surface area contributed by atoms with E-state index in [9.17, 15) is 18.0 Å². The van der Waals surface area contributed by atoms with Gasteiger partial charge in [-0.1, -0.05) is 6.07 Å². The van der Waals surface area contributed by atoms with Gasteiger partial charge in [-0.05, 0) is 25.6 Å². The molecule has 1 fully saturated rings. The number of ether oxygens (including phenoxy) is 1. The summed E-state index contributed by atoms with van der Waals surface area (Å²) < 4.78 is 45.3. The molecule has 0 aliphatic carbocycles. The Balaban J connectivity index is 1.94. The molecule has 2 aliphatic heterocycles. The Morgan fingerprint density at radius 2 is 2.21 bits per heavy atom. The molecule has 2 heterocycles. The number of hydrazone groups is 1. The fourth-order valence-corrected chi connectivity index (χ4v) is 2.89. The minimum absolute atomic E-state index is 0.158. The van der Waals surface area contributed by atoms with E-state index >= 15 is 0 Å². The number of carbonyl (C=O) groups is 1. The molecular weight excluding hydrogens is 325 g/mol. The Bertz CT molecular complexity index is 675. The zero-order chi connectivity index (χ0) is 17.3. The molecule has 6 nitrogen and oxygen atoms in total. The van der Waals surface area contributed by atoms with Crippen LogP contribution in [-0.4, -0.2) is 44.6 Å². The molecule has 0 spiro atoms. The van der Waals surface area contributed by atoms with Crippen molar-refractivity contribution in [3.63, 3.8) is 0 Å². The lowest BCUT2D eigenvalue weighted by Gasteiger charge is -2.24. The molecule has 3 rings (SSSR count). The molecule has 0 saturated carbocycles. The fraction of sp³-hybridized carbons (Fsp3) is 0.467. The van der Waals surface area contributed by atoms with E-state index in [-0.39, 0.29) is 29.6 Å². The summed E-state index contributed by atoms with van der Waals surface area (Å²) in [7, 11) is 1.80. The average molecular weight is 342 g/mol. The number of cyclic esters (lactones) is 1. The van der Waals surface area contributed by atoms with Crippen LogP contribution in [0.3, 0.4) is 0 Å². The smallest absolute Gasteiger partial charge is 0.428 e. The lowest BCUT2D eigenvalue weighted by Crippen LogP contribution is -2.32. The van der Waals surface area contributed by atoms with Gasteiger partial charge in [0.15, 0.2) is 0 Å². The van der Waals surface area contributed by atoms with Crippen molar-refractivity contribution in [1.29, 1.82) is 0 Å². The molecule has 9 heteroatoms. The van der Waals surface area contributed by atoms with Crippen LogP contribution in [-0.2, 0) is 10.9 Å². The molecule has 2 aliphatic rings. The van der Waals surface area contributed by atoms with Gasteiger partial charge in [0.1, 0.15) is 12.3 Å². The Morgan fingerprint density at radius 3 is 2.79 bits per heavy atom. The number of nitrogens with one attached hydrogen (secondary N) is 2. The highest BCUT2D eigenvalue weighted by Crippen LogP contribution is 2.38. The van der Waals surface area contributed by atoms with Crippen LogP contribution in [0, 0.1) is 0 Å². The summed E-state index contributed by atoms with van der Waals surface area (Å²) in [6.07, 6.45) is -4.41. The third-order valence-corrected chi connectivity index (χ3v) is 4.19. The van der Waals surface area contributed by atoms with Crippen LogP contribution in [0.4, 0.5) is 23.7 Å². The van der Waals surface area contributed by atoms with Gasteiger partial charge in [0.25, 0.3) is 0 Å². The molecule has 0 radical (unpaired) electrons. The molecular formula is C15H17F3N4O2. The van der Waals surface area contributed by atoms with E-state index in [0.29, 0.717) is 13.1 Å². The Kier molecular flexibility index (Phi) is 4.35. The van der Waals surface area contributed by atoms with Gasteiger partial charge >= 0.3 is 12.3 Å². The zero-order valence-electron chi connectivity index (χ0n) is 13.0. The predicted molar refractivity (Wildman–Crippen MR) is 82.1 cm³/mol. The highest BCUT2D eigenvalue weighted by molar-refractivity contribution is 6.04. The van der Waals surface area contributed by atoms with Crippen molar-refractivity contribution in [2.45, 2.75) is 18.6 Å². The summed E-state index contributed by atoms with van der Waals surface area (Å²) in [4.78, 5) is 12.7. The molecule has 1 atom stereocenters. The molecule has 130 valence electrons. The zero-order valence-corrected chi connectivity index (χ0v) is 13.0. The van der Waals surface area contributed by atoms with Crippen molar-refractivity contribution < 1.29 is 22.7 Å². The van der Waals surface area contributed by atoms with E-state index < -0.39 is 17.8 Å². The van der Waals surface area contributed by atoms with Crippen LogP contribution in [0.5, 0.6) is 0 Å². The van der Waals surface area contributed by atoms with E-state index in [2.05, 4.69) is 15.8 Å². The number of anilines is 1. The SMILES string of the molecule is CNC1CCN(c2ccc(C3=NNC(=O)OC3)cc2C(F)(F)F)C1. The van der Waals surface area contributed by atoms with Gasteiger partial charge in [-0.3, -0.25) is 0 Å². The summed E-state index contributed by atoms with van der Waals surface area (Å²) in [5.41, 5.74) is 2.07. The number of halogens is 3. The van der Waals surface area contributed by atoms with Crippen LogP contribution in [0.2, 0.25) is 0 Å². The average Bonchev–Trinajstić information content (AvgIpc) is 3.03. The third-order valence-electron chi connectivity index (χ3n) is 4.19. The van der Waals surface area contributed by atoms with Crippen LogP contribution >= 0.6 is 0 Å². The Hall–Kier alpha value is -2.29. The van der Waals surface area contributed by atoms with Crippen LogP contribution in [0.15, 0.2) is 23.3 Å². The van der Waals surface area contributed by atoms with E-state index in [0.717, 1.165) is 12.5 Å². The number of benzene rings is 1. The van der Waals surface area contributed by atoms with E-state index in [1.54, 1.807) is 18.0 Å². The number of nitrogens with zero attached hydrogens (tertiary/aromatic N) is 2. The van der Waals surface area contributed by atoms with Crippen molar-refractivity contribution in [1.82, 2.24) is 10.7 Å². The van der Waals surface area contributed by atoms with Gasteiger partial charge in [0.2, 0.25) is 0 Å². The largest absolute Gasteiger partial charge is 0.442 e. The first-order chi connectivity index (χ1) is 11.4. The highest BCUT2D eigenvalue weighted by atomic mass is 19.4. The van der Waals surface area contributed by atoms with Gasteiger partial charge in [-0.2, -0.15) is 18.3 Å². The van der Waals surface area contributed by atoms with Gasteiger partial charge in [0.05, 0.1) is 5.56 Å². The van der Waals surface area contributed by atoms with Crippen molar-refractivity contribution in [2.24, 2.45) is 5.10 Å². The highest BCUT2D eigenvalue weighted by Gasteiger charge is 2.37. The summed E-state index contributed by atoms with van der Waals surface area (Å²) in [5.74, 6) is 0. The molecule has 1 aromatic carbocycles.